The zero-order valence-corrected chi connectivity index (χ0v) is 12.1. The van der Waals surface area contributed by atoms with Crippen molar-refractivity contribution in [2.24, 2.45) is 5.92 Å². The molecule has 0 amide bonds. The predicted octanol–water partition coefficient (Wildman–Crippen LogP) is 3.23. The molecule has 20 heavy (non-hydrogen) atoms. The Morgan fingerprint density at radius 3 is 2.65 bits per heavy atom. The normalized spacial score (nSPS) is 22.6. The van der Waals surface area contributed by atoms with E-state index in [1.54, 1.807) is 12.1 Å². The third-order valence-electron chi connectivity index (χ3n) is 4.19. The van der Waals surface area contributed by atoms with E-state index < -0.39 is 5.97 Å². The maximum Gasteiger partial charge on any atom is 0.337 e. The molecule has 0 atom stereocenters. The first-order chi connectivity index (χ1) is 9.69. The number of aromatic carboxylic acids is 1. The van der Waals surface area contributed by atoms with E-state index in [4.69, 9.17) is 5.11 Å². The zero-order valence-electron chi connectivity index (χ0n) is 12.1. The van der Waals surface area contributed by atoms with Crippen molar-refractivity contribution in [1.82, 2.24) is 10.3 Å². The summed E-state index contributed by atoms with van der Waals surface area (Å²) in [5.74, 6) is -0.00252. The second-order valence-electron chi connectivity index (χ2n) is 5.73. The maximum absolute atomic E-state index is 10.7. The number of aromatic nitrogens is 1. The van der Waals surface area contributed by atoms with Crippen LogP contribution in [0.5, 0.6) is 0 Å². The Bertz CT molecular complexity index is 423. The quantitative estimate of drug-likeness (QED) is 0.837. The van der Waals surface area contributed by atoms with Gasteiger partial charge in [0, 0.05) is 18.8 Å². The summed E-state index contributed by atoms with van der Waals surface area (Å²) < 4.78 is 0. The van der Waals surface area contributed by atoms with E-state index in [1.165, 1.54) is 44.7 Å². The molecular weight excluding hydrogens is 252 g/mol. The highest BCUT2D eigenvalue weighted by molar-refractivity contribution is 5.87. The van der Waals surface area contributed by atoms with E-state index >= 15 is 0 Å². The van der Waals surface area contributed by atoms with Crippen LogP contribution in [-0.4, -0.2) is 22.1 Å². The van der Waals surface area contributed by atoms with Crippen LogP contribution in [-0.2, 0) is 6.54 Å². The Kier molecular flexibility index (Phi) is 5.53. The molecule has 2 rings (SSSR count). The largest absolute Gasteiger partial charge is 0.478 e. The lowest BCUT2D eigenvalue weighted by molar-refractivity contribution is 0.0696. The van der Waals surface area contributed by atoms with Gasteiger partial charge in [0.15, 0.2) is 0 Å². The second-order valence-corrected chi connectivity index (χ2v) is 5.73. The van der Waals surface area contributed by atoms with Crippen molar-refractivity contribution < 1.29 is 9.90 Å². The van der Waals surface area contributed by atoms with Gasteiger partial charge < -0.3 is 10.4 Å². The molecule has 1 aliphatic rings. The van der Waals surface area contributed by atoms with Crippen LogP contribution in [0.2, 0.25) is 0 Å². The summed E-state index contributed by atoms with van der Waals surface area (Å²) in [6.07, 6.45) is 9.24. The fourth-order valence-electron chi connectivity index (χ4n) is 2.97. The highest BCUT2D eigenvalue weighted by Gasteiger charge is 2.20. The molecule has 0 bridgehead atoms. The Balaban J connectivity index is 1.74. The van der Waals surface area contributed by atoms with Crippen molar-refractivity contribution in [2.45, 2.75) is 58.0 Å². The lowest BCUT2D eigenvalue weighted by atomic mass is 9.83. The minimum absolute atomic E-state index is 0.244. The molecule has 0 spiro atoms. The van der Waals surface area contributed by atoms with Crippen LogP contribution in [0.4, 0.5) is 0 Å². The molecular formula is C16H24N2O2. The van der Waals surface area contributed by atoms with Crippen LogP contribution in [0.15, 0.2) is 18.3 Å². The number of carboxylic acid groups (broad SMARTS) is 1. The van der Waals surface area contributed by atoms with Crippen molar-refractivity contribution >= 4 is 5.97 Å². The van der Waals surface area contributed by atoms with E-state index in [-0.39, 0.29) is 5.56 Å². The molecule has 110 valence electrons. The van der Waals surface area contributed by atoms with Gasteiger partial charge in [0.1, 0.15) is 0 Å². The lowest BCUT2D eigenvalue weighted by Crippen LogP contribution is -2.33. The molecule has 1 saturated carbocycles. The molecule has 0 saturated heterocycles. The van der Waals surface area contributed by atoms with Gasteiger partial charge in [-0.15, -0.1) is 0 Å². The van der Waals surface area contributed by atoms with E-state index in [0.29, 0.717) is 6.04 Å². The number of carbonyl (C=O) groups is 1. The Morgan fingerprint density at radius 2 is 2.10 bits per heavy atom. The van der Waals surface area contributed by atoms with Crippen molar-refractivity contribution in [2.75, 3.05) is 0 Å². The summed E-state index contributed by atoms with van der Waals surface area (Å²) in [6.45, 7) is 2.99. The summed E-state index contributed by atoms with van der Waals surface area (Å²) in [4.78, 5) is 14.9. The highest BCUT2D eigenvalue weighted by atomic mass is 16.4. The van der Waals surface area contributed by atoms with Crippen molar-refractivity contribution in [3.05, 3.63) is 29.6 Å². The van der Waals surface area contributed by atoms with Gasteiger partial charge in [-0.1, -0.05) is 19.8 Å². The summed E-state index contributed by atoms with van der Waals surface area (Å²) >= 11 is 0. The molecule has 1 heterocycles. The molecule has 1 aromatic rings. The molecule has 1 fully saturated rings. The minimum atomic E-state index is -0.925. The van der Waals surface area contributed by atoms with Gasteiger partial charge in [-0.2, -0.15) is 0 Å². The fourth-order valence-corrected chi connectivity index (χ4v) is 2.97. The molecule has 0 aliphatic heterocycles. The molecule has 1 aliphatic carbocycles. The van der Waals surface area contributed by atoms with Gasteiger partial charge >= 0.3 is 5.97 Å². The van der Waals surface area contributed by atoms with Gasteiger partial charge in [-0.05, 0) is 43.7 Å². The van der Waals surface area contributed by atoms with Gasteiger partial charge in [-0.3, -0.25) is 4.98 Å². The van der Waals surface area contributed by atoms with E-state index in [2.05, 4.69) is 17.2 Å². The van der Waals surface area contributed by atoms with Crippen LogP contribution in [0.25, 0.3) is 0 Å². The molecule has 1 aromatic heterocycles. The average Bonchev–Trinajstić information content (AvgIpc) is 2.47. The lowest BCUT2D eigenvalue weighted by Gasteiger charge is -2.29. The number of nitrogens with zero attached hydrogens (tertiary/aromatic N) is 1. The van der Waals surface area contributed by atoms with E-state index in [0.717, 1.165) is 18.2 Å². The van der Waals surface area contributed by atoms with E-state index in [1.807, 2.05) is 0 Å². The topological polar surface area (TPSA) is 62.2 Å². The zero-order chi connectivity index (χ0) is 14.4. The molecule has 4 heteroatoms. The highest BCUT2D eigenvalue weighted by Crippen LogP contribution is 2.27. The third-order valence-corrected chi connectivity index (χ3v) is 4.19. The standard InChI is InChI=1S/C16H24N2O2/c1-2-3-12-4-7-14(8-5-12)18-11-15-9-6-13(10-17-15)16(19)20/h6,9-10,12,14,18H,2-5,7-8,11H2,1H3,(H,19,20). The first-order valence-corrected chi connectivity index (χ1v) is 7.60. The summed E-state index contributed by atoms with van der Waals surface area (Å²) in [5, 5.41) is 12.4. The monoisotopic (exact) mass is 276 g/mol. The van der Waals surface area contributed by atoms with Gasteiger partial charge in [0.05, 0.1) is 11.3 Å². The number of carboxylic acids is 1. The first-order valence-electron chi connectivity index (χ1n) is 7.60. The van der Waals surface area contributed by atoms with Crippen LogP contribution < -0.4 is 5.32 Å². The smallest absolute Gasteiger partial charge is 0.337 e. The Hall–Kier alpha value is -1.42. The summed E-state index contributed by atoms with van der Waals surface area (Å²) in [5.41, 5.74) is 1.15. The Morgan fingerprint density at radius 1 is 1.35 bits per heavy atom. The molecule has 2 N–H and O–H groups in total. The molecule has 4 nitrogen and oxygen atoms in total. The number of nitrogens with one attached hydrogen (secondary N) is 1. The van der Waals surface area contributed by atoms with Crippen molar-refractivity contribution in [1.29, 1.82) is 0 Å². The van der Waals surface area contributed by atoms with Crippen LogP contribution in [0.3, 0.4) is 0 Å². The molecule has 0 radical (unpaired) electrons. The number of hydrogen-bond donors (Lipinski definition) is 2. The molecule has 0 aromatic carbocycles. The summed E-state index contributed by atoms with van der Waals surface area (Å²) in [7, 11) is 0. The first kappa shape index (κ1) is 15.0. The van der Waals surface area contributed by atoms with Crippen LogP contribution in [0, 0.1) is 5.92 Å². The number of pyridine rings is 1. The van der Waals surface area contributed by atoms with Gasteiger partial charge in [0.25, 0.3) is 0 Å². The molecule has 0 unspecified atom stereocenters. The third kappa shape index (κ3) is 4.30. The number of hydrogen-bond acceptors (Lipinski definition) is 3. The van der Waals surface area contributed by atoms with Crippen molar-refractivity contribution in [3.8, 4) is 0 Å². The second kappa shape index (κ2) is 7.39. The minimum Gasteiger partial charge on any atom is -0.478 e. The maximum atomic E-state index is 10.7. The van der Waals surface area contributed by atoms with Gasteiger partial charge in [0.2, 0.25) is 0 Å². The SMILES string of the molecule is CCCC1CCC(NCc2ccc(C(=O)O)cn2)CC1. The van der Waals surface area contributed by atoms with Crippen LogP contribution in [0.1, 0.15) is 61.5 Å². The van der Waals surface area contributed by atoms with E-state index in [9.17, 15) is 4.79 Å². The van der Waals surface area contributed by atoms with Gasteiger partial charge in [-0.25, -0.2) is 4.79 Å². The fraction of sp³-hybridized carbons (Fsp3) is 0.625. The average molecular weight is 276 g/mol. The van der Waals surface area contributed by atoms with Crippen molar-refractivity contribution in [3.63, 3.8) is 0 Å². The predicted molar refractivity (Wildman–Crippen MR) is 78.7 cm³/mol. The Labute approximate surface area is 120 Å². The summed E-state index contributed by atoms with van der Waals surface area (Å²) in [6, 6.07) is 3.99. The number of rotatable bonds is 6. The van der Waals surface area contributed by atoms with Crippen LogP contribution >= 0.6 is 0 Å².